The molecule has 1 atom stereocenters. The molecule has 1 aliphatic heterocycles. The summed E-state index contributed by atoms with van der Waals surface area (Å²) in [5, 5.41) is 4.86. The molecule has 0 aliphatic carbocycles. The molecule has 0 saturated heterocycles. The number of anilines is 1. The molecule has 0 unspecified atom stereocenters. The number of nitrogens with one attached hydrogen (secondary N) is 1. The van der Waals surface area contributed by atoms with E-state index in [0.717, 1.165) is 10.6 Å². The molecule has 19 heavy (non-hydrogen) atoms. The van der Waals surface area contributed by atoms with Crippen molar-refractivity contribution >= 4 is 46.3 Å². The summed E-state index contributed by atoms with van der Waals surface area (Å²) in [4.78, 5) is 12.6. The van der Waals surface area contributed by atoms with Crippen LogP contribution in [0.1, 0.15) is 15.7 Å². The fraction of sp³-hybridized carbons (Fsp3) is 0.154. The van der Waals surface area contributed by atoms with Crippen LogP contribution in [-0.2, 0) is 4.79 Å². The summed E-state index contributed by atoms with van der Waals surface area (Å²) in [5.74, 6) is -0.116. The van der Waals surface area contributed by atoms with Gasteiger partial charge in [-0.15, -0.1) is 23.1 Å². The Morgan fingerprint density at radius 3 is 3.00 bits per heavy atom. The first-order valence-corrected chi connectivity index (χ1v) is 7.90. The van der Waals surface area contributed by atoms with Crippen LogP contribution >= 0.6 is 34.7 Å². The summed E-state index contributed by atoms with van der Waals surface area (Å²) >= 11 is 9.03. The number of carbonyl (C=O) groups excluding carboxylic acids is 1. The van der Waals surface area contributed by atoms with Crippen LogP contribution in [0.25, 0.3) is 0 Å². The standard InChI is InChI=1S/C13H9ClFNOS2/c14-7-2-1-3-8(15)11(7)13-12-9(4-5-18-12)16-10(17)6-19-13/h1-5,13H,6H2,(H,16,17)/t13-/m0/s1. The smallest absolute Gasteiger partial charge is 0.234 e. The van der Waals surface area contributed by atoms with Crippen LogP contribution in [0.2, 0.25) is 5.02 Å². The highest BCUT2D eigenvalue weighted by Crippen LogP contribution is 2.46. The molecule has 98 valence electrons. The largest absolute Gasteiger partial charge is 0.324 e. The highest BCUT2D eigenvalue weighted by Gasteiger charge is 2.28. The average molecular weight is 314 g/mol. The van der Waals surface area contributed by atoms with E-state index < -0.39 is 0 Å². The molecular weight excluding hydrogens is 305 g/mol. The first-order chi connectivity index (χ1) is 9.16. The fourth-order valence-corrected chi connectivity index (χ4v) is 4.64. The topological polar surface area (TPSA) is 29.1 Å². The summed E-state index contributed by atoms with van der Waals surface area (Å²) in [6.07, 6.45) is 0. The summed E-state index contributed by atoms with van der Waals surface area (Å²) in [5.41, 5.74) is 1.21. The van der Waals surface area contributed by atoms with Gasteiger partial charge in [-0.05, 0) is 23.6 Å². The van der Waals surface area contributed by atoms with E-state index in [-0.39, 0.29) is 22.7 Å². The second-order valence-corrected chi connectivity index (χ2v) is 6.52. The molecule has 2 heterocycles. The van der Waals surface area contributed by atoms with Gasteiger partial charge in [-0.25, -0.2) is 4.39 Å². The summed E-state index contributed by atoms with van der Waals surface area (Å²) < 4.78 is 14.1. The zero-order valence-electron chi connectivity index (χ0n) is 9.65. The lowest BCUT2D eigenvalue weighted by Crippen LogP contribution is -2.11. The Bertz CT molecular complexity index is 623. The maximum absolute atomic E-state index is 14.1. The zero-order valence-corrected chi connectivity index (χ0v) is 12.0. The van der Waals surface area contributed by atoms with Crippen LogP contribution in [0.15, 0.2) is 29.6 Å². The third-order valence-corrected chi connectivity index (χ3v) is 5.54. The fourth-order valence-electron chi connectivity index (χ4n) is 2.02. The number of rotatable bonds is 1. The number of halogens is 2. The molecule has 3 rings (SSSR count). The van der Waals surface area contributed by atoms with Crippen molar-refractivity contribution in [3.8, 4) is 0 Å². The van der Waals surface area contributed by atoms with Gasteiger partial charge in [0.05, 0.1) is 16.7 Å². The maximum atomic E-state index is 14.1. The predicted octanol–water partition coefficient (Wildman–Crippen LogP) is 4.32. The van der Waals surface area contributed by atoms with Crippen molar-refractivity contribution in [2.24, 2.45) is 0 Å². The van der Waals surface area contributed by atoms with Crippen molar-refractivity contribution in [1.82, 2.24) is 0 Å². The molecule has 0 fully saturated rings. The Kier molecular flexibility index (Phi) is 3.52. The van der Waals surface area contributed by atoms with Gasteiger partial charge in [-0.2, -0.15) is 0 Å². The van der Waals surface area contributed by atoms with E-state index in [4.69, 9.17) is 11.6 Å². The molecule has 2 nitrogen and oxygen atoms in total. The number of fused-ring (bicyclic) bond motifs is 1. The lowest BCUT2D eigenvalue weighted by Gasteiger charge is -2.16. The first kappa shape index (κ1) is 13.0. The molecule has 1 aromatic heterocycles. The van der Waals surface area contributed by atoms with Crippen molar-refractivity contribution < 1.29 is 9.18 Å². The predicted molar refractivity (Wildman–Crippen MR) is 78.7 cm³/mol. The van der Waals surface area contributed by atoms with Gasteiger partial charge in [0, 0.05) is 15.5 Å². The number of carbonyl (C=O) groups is 1. The molecule has 6 heteroatoms. The molecule has 1 N–H and O–H groups in total. The Morgan fingerprint density at radius 2 is 2.21 bits per heavy atom. The molecule has 0 saturated carbocycles. The van der Waals surface area contributed by atoms with Crippen LogP contribution < -0.4 is 5.32 Å². The van der Waals surface area contributed by atoms with Gasteiger partial charge >= 0.3 is 0 Å². The van der Waals surface area contributed by atoms with E-state index in [2.05, 4.69) is 5.32 Å². The number of hydrogen-bond acceptors (Lipinski definition) is 3. The van der Waals surface area contributed by atoms with Crippen LogP contribution in [-0.4, -0.2) is 11.7 Å². The van der Waals surface area contributed by atoms with Crippen LogP contribution in [0.5, 0.6) is 0 Å². The van der Waals surface area contributed by atoms with Gasteiger partial charge < -0.3 is 5.32 Å². The highest BCUT2D eigenvalue weighted by atomic mass is 35.5. The zero-order chi connectivity index (χ0) is 13.4. The maximum Gasteiger partial charge on any atom is 0.234 e. The first-order valence-electron chi connectivity index (χ1n) is 5.59. The van der Waals surface area contributed by atoms with Crippen LogP contribution in [0.4, 0.5) is 10.1 Å². The Morgan fingerprint density at radius 1 is 1.37 bits per heavy atom. The van der Waals surface area contributed by atoms with Crippen molar-refractivity contribution in [1.29, 1.82) is 0 Å². The molecular formula is C13H9ClFNOS2. The van der Waals surface area contributed by atoms with Gasteiger partial charge in [0.25, 0.3) is 0 Å². The third-order valence-electron chi connectivity index (χ3n) is 2.85. The summed E-state index contributed by atoms with van der Waals surface area (Å²) in [7, 11) is 0. The van der Waals surface area contributed by atoms with Crippen LogP contribution in [0, 0.1) is 5.82 Å². The molecule has 2 aromatic rings. The van der Waals surface area contributed by atoms with Crippen molar-refractivity contribution in [3.05, 3.63) is 50.9 Å². The van der Waals surface area contributed by atoms with Crippen molar-refractivity contribution in [3.63, 3.8) is 0 Å². The van der Waals surface area contributed by atoms with E-state index in [0.29, 0.717) is 10.6 Å². The average Bonchev–Trinajstić information content (AvgIpc) is 2.75. The second kappa shape index (κ2) is 5.15. The minimum absolute atomic E-state index is 0.0698. The minimum atomic E-state index is -0.335. The molecule has 0 bridgehead atoms. The number of hydrogen-bond donors (Lipinski definition) is 1. The monoisotopic (exact) mass is 313 g/mol. The Hall–Kier alpha value is -1.04. The highest BCUT2D eigenvalue weighted by molar-refractivity contribution is 8.00. The van der Waals surface area contributed by atoms with E-state index in [9.17, 15) is 9.18 Å². The molecule has 1 amide bonds. The van der Waals surface area contributed by atoms with E-state index in [1.54, 1.807) is 12.1 Å². The van der Waals surface area contributed by atoms with Gasteiger partial charge in [0.15, 0.2) is 0 Å². The molecule has 1 aliphatic rings. The van der Waals surface area contributed by atoms with E-state index in [1.165, 1.54) is 29.2 Å². The van der Waals surface area contributed by atoms with Gasteiger partial charge in [-0.3, -0.25) is 4.79 Å². The quantitative estimate of drug-likeness (QED) is 0.849. The van der Waals surface area contributed by atoms with E-state index >= 15 is 0 Å². The van der Waals surface area contributed by atoms with Gasteiger partial charge in [-0.1, -0.05) is 17.7 Å². The number of thioether (sulfide) groups is 1. The summed E-state index contributed by atoms with van der Waals surface area (Å²) in [6, 6.07) is 6.50. The number of amides is 1. The summed E-state index contributed by atoms with van der Waals surface area (Å²) in [6.45, 7) is 0. The Balaban J connectivity index is 2.13. The van der Waals surface area contributed by atoms with Gasteiger partial charge in [0.2, 0.25) is 5.91 Å². The van der Waals surface area contributed by atoms with Crippen LogP contribution in [0.3, 0.4) is 0 Å². The van der Waals surface area contributed by atoms with Gasteiger partial charge in [0.1, 0.15) is 5.82 Å². The number of benzene rings is 1. The minimum Gasteiger partial charge on any atom is -0.324 e. The lowest BCUT2D eigenvalue weighted by atomic mass is 10.1. The second-order valence-electron chi connectivity index (χ2n) is 4.07. The van der Waals surface area contributed by atoms with E-state index in [1.807, 2.05) is 11.4 Å². The normalized spacial score (nSPS) is 18.6. The van der Waals surface area contributed by atoms with Crippen molar-refractivity contribution in [2.45, 2.75) is 5.25 Å². The lowest BCUT2D eigenvalue weighted by molar-refractivity contribution is -0.113. The van der Waals surface area contributed by atoms with Crippen molar-refractivity contribution in [2.75, 3.05) is 11.1 Å². The molecule has 1 aromatic carbocycles. The Labute approximate surface area is 123 Å². The molecule has 0 radical (unpaired) electrons. The SMILES string of the molecule is O=C1CS[C@@H](c2c(F)cccc2Cl)c2sccc2N1. The molecule has 0 spiro atoms. The third kappa shape index (κ3) is 2.38. The number of thiophene rings is 1.